The Kier molecular flexibility index (Phi) is 18.5. The minimum absolute atomic E-state index is 0.110. The molecule has 0 heterocycles. The van der Waals surface area contributed by atoms with Crippen LogP contribution in [0.4, 0.5) is 0 Å². The SMILES string of the molecule is C=CCOC(=O)CC[C@H](NC(=O)[C@H](CC(=O)O)NC(=O)C(=O)[C@H](C)NC(=O)[C@H](C)NC(=O)[C@@H](NC(=O)[C@@H](NC(C)=O)c1ccccc1)[C@@H](C)O)C(N)=O. The van der Waals surface area contributed by atoms with Crippen molar-refractivity contribution in [3.8, 4) is 0 Å². The van der Waals surface area contributed by atoms with Gasteiger partial charge in [-0.15, -0.1) is 0 Å². The number of nitrogens with two attached hydrogens (primary N) is 1. The van der Waals surface area contributed by atoms with Crippen molar-refractivity contribution < 1.29 is 62.9 Å². The Balaban J connectivity index is 2.91. The Morgan fingerprint density at radius 1 is 0.792 bits per heavy atom. The van der Waals surface area contributed by atoms with Gasteiger partial charge in [0.05, 0.1) is 18.6 Å². The molecule has 0 aromatic heterocycles. The van der Waals surface area contributed by atoms with E-state index in [1.165, 1.54) is 26.8 Å². The molecule has 0 saturated heterocycles. The minimum Gasteiger partial charge on any atom is -0.481 e. The molecule has 20 nitrogen and oxygen atoms in total. The van der Waals surface area contributed by atoms with E-state index in [0.717, 1.165) is 6.92 Å². The number of carbonyl (C=O) groups excluding carboxylic acids is 9. The normalized spacial score (nSPS) is 14.5. The molecule has 0 fully saturated rings. The smallest absolute Gasteiger partial charge is 0.306 e. The number of nitrogens with one attached hydrogen (secondary N) is 6. The number of hydrogen-bond donors (Lipinski definition) is 9. The molecule has 0 aliphatic carbocycles. The van der Waals surface area contributed by atoms with Gasteiger partial charge in [0.15, 0.2) is 0 Å². The van der Waals surface area contributed by atoms with Crippen molar-refractivity contribution in [2.75, 3.05) is 6.61 Å². The summed E-state index contributed by atoms with van der Waals surface area (Å²) in [6, 6.07) is -1.20. The van der Waals surface area contributed by atoms with Crippen LogP contribution < -0.4 is 37.6 Å². The van der Waals surface area contributed by atoms with E-state index < -0.39 is 108 Å². The lowest BCUT2D eigenvalue weighted by Crippen LogP contribution is -2.59. The average molecular weight is 748 g/mol. The Morgan fingerprint density at radius 3 is 1.92 bits per heavy atom. The van der Waals surface area contributed by atoms with Crippen LogP contribution in [0.3, 0.4) is 0 Å². The molecule has 1 rings (SSSR count). The molecule has 20 heteroatoms. The highest BCUT2D eigenvalue weighted by atomic mass is 16.5. The van der Waals surface area contributed by atoms with E-state index in [1.807, 2.05) is 5.32 Å². The molecular formula is C33H45N7O13. The van der Waals surface area contributed by atoms with E-state index in [1.54, 1.807) is 30.3 Å². The maximum Gasteiger partial charge on any atom is 0.306 e. The predicted molar refractivity (Wildman–Crippen MR) is 183 cm³/mol. The van der Waals surface area contributed by atoms with Gasteiger partial charge in [0, 0.05) is 13.3 Å². The van der Waals surface area contributed by atoms with Crippen LogP contribution in [0.1, 0.15) is 58.6 Å². The number of hydrogen-bond acceptors (Lipinski definition) is 12. The van der Waals surface area contributed by atoms with Crippen molar-refractivity contribution >= 4 is 59.1 Å². The number of rotatable bonds is 22. The number of aliphatic hydroxyl groups excluding tert-OH is 1. The first-order valence-corrected chi connectivity index (χ1v) is 16.1. The van der Waals surface area contributed by atoms with Gasteiger partial charge in [-0.3, -0.25) is 47.9 Å². The molecule has 1 aromatic rings. The molecule has 0 saturated carbocycles. The molecule has 290 valence electrons. The largest absolute Gasteiger partial charge is 0.481 e. The number of Topliss-reactive ketones (excluding diaryl/α,β-unsaturated/α-hetero) is 1. The molecule has 0 aliphatic heterocycles. The maximum absolute atomic E-state index is 13.1. The van der Waals surface area contributed by atoms with Crippen LogP contribution in [0.5, 0.6) is 0 Å². The van der Waals surface area contributed by atoms with Crippen molar-refractivity contribution in [3.63, 3.8) is 0 Å². The summed E-state index contributed by atoms with van der Waals surface area (Å²) in [5.74, 6) is -10.9. The van der Waals surface area contributed by atoms with Crippen molar-refractivity contribution in [1.82, 2.24) is 31.9 Å². The van der Waals surface area contributed by atoms with Gasteiger partial charge in [-0.2, -0.15) is 0 Å². The lowest BCUT2D eigenvalue weighted by molar-refractivity contribution is -0.144. The summed E-state index contributed by atoms with van der Waals surface area (Å²) in [5.41, 5.74) is 5.65. The molecular weight excluding hydrogens is 702 g/mol. The predicted octanol–water partition coefficient (Wildman–Crippen LogP) is -3.25. The molecule has 7 atom stereocenters. The van der Waals surface area contributed by atoms with E-state index in [4.69, 9.17) is 10.5 Å². The minimum atomic E-state index is -1.90. The van der Waals surface area contributed by atoms with Gasteiger partial charge in [-0.25, -0.2) is 0 Å². The summed E-state index contributed by atoms with van der Waals surface area (Å²) in [4.78, 5) is 124. The zero-order chi connectivity index (χ0) is 40.4. The summed E-state index contributed by atoms with van der Waals surface area (Å²) in [7, 11) is 0. The molecule has 0 aliphatic rings. The fraction of sp³-hybridized carbons (Fsp3) is 0.455. The van der Waals surface area contributed by atoms with Crippen LogP contribution >= 0.6 is 0 Å². The number of primary amides is 1. The second-order valence-corrected chi connectivity index (χ2v) is 11.7. The number of aliphatic carboxylic acids is 1. The lowest BCUT2D eigenvalue weighted by atomic mass is 10.0. The van der Waals surface area contributed by atoms with Crippen molar-refractivity contribution in [2.45, 2.75) is 89.3 Å². The Morgan fingerprint density at radius 2 is 1.40 bits per heavy atom. The van der Waals surface area contributed by atoms with Crippen molar-refractivity contribution in [1.29, 1.82) is 0 Å². The third kappa shape index (κ3) is 15.7. The highest BCUT2D eigenvalue weighted by Crippen LogP contribution is 2.14. The quantitative estimate of drug-likeness (QED) is 0.0320. The van der Waals surface area contributed by atoms with E-state index in [9.17, 15) is 58.2 Å². The van der Waals surface area contributed by atoms with Crippen LogP contribution in [0, 0.1) is 0 Å². The number of carboxylic acids is 1. The first-order chi connectivity index (χ1) is 24.8. The van der Waals surface area contributed by atoms with E-state index in [0.29, 0.717) is 5.56 Å². The van der Waals surface area contributed by atoms with Gasteiger partial charge in [0.1, 0.15) is 36.8 Å². The third-order valence-corrected chi connectivity index (χ3v) is 7.19. The fourth-order valence-corrected chi connectivity index (χ4v) is 4.42. The summed E-state index contributed by atoms with van der Waals surface area (Å²) >= 11 is 0. The number of carboxylic acid groups (broad SMARTS) is 1. The molecule has 10 N–H and O–H groups in total. The number of aliphatic hydroxyl groups is 1. The Bertz CT molecular complexity index is 1550. The van der Waals surface area contributed by atoms with Gasteiger partial charge < -0.3 is 52.6 Å². The maximum atomic E-state index is 13.1. The number of carbonyl (C=O) groups is 10. The summed E-state index contributed by atoms with van der Waals surface area (Å²) in [6.45, 7) is 7.91. The molecule has 0 spiro atoms. The van der Waals surface area contributed by atoms with Crippen LogP contribution in [0.2, 0.25) is 0 Å². The van der Waals surface area contributed by atoms with Gasteiger partial charge in [-0.05, 0) is 32.8 Å². The van der Waals surface area contributed by atoms with Gasteiger partial charge in [0.25, 0.3) is 5.91 Å². The second-order valence-electron chi connectivity index (χ2n) is 11.7. The first kappa shape index (κ1) is 44.8. The zero-order valence-corrected chi connectivity index (χ0v) is 29.5. The monoisotopic (exact) mass is 747 g/mol. The summed E-state index contributed by atoms with van der Waals surface area (Å²) in [6.07, 6.45) is -1.93. The molecule has 1 aromatic carbocycles. The number of benzene rings is 1. The van der Waals surface area contributed by atoms with Gasteiger partial charge in [-0.1, -0.05) is 43.0 Å². The highest BCUT2D eigenvalue weighted by Gasteiger charge is 2.34. The molecule has 0 unspecified atom stereocenters. The lowest BCUT2D eigenvalue weighted by Gasteiger charge is -2.26. The fourth-order valence-electron chi connectivity index (χ4n) is 4.42. The number of ether oxygens (including phenoxy) is 1. The first-order valence-electron chi connectivity index (χ1n) is 16.1. The van der Waals surface area contributed by atoms with Crippen LogP contribution in [0.25, 0.3) is 0 Å². The van der Waals surface area contributed by atoms with Crippen molar-refractivity contribution in [3.05, 3.63) is 48.6 Å². The van der Waals surface area contributed by atoms with Crippen LogP contribution in [0.15, 0.2) is 43.0 Å². The van der Waals surface area contributed by atoms with Crippen molar-refractivity contribution in [2.24, 2.45) is 5.73 Å². The van der Waals surface area contributed by atoms with Crippen LogP contribution in [-0.4, -0.2) is 112 Å². The topological polar surface area (TPSA) is 319 Å². The standard InChI is InChI=1S/C33H45N7O13/c1-6-14-53-24(45)13-12-21(28(34)47)38-30(49)22(15-23(43)44)39-33(52)27(46)16(2)35-29(48)17(3)36-31(50)25(18(4)41)40-32(51)26(37-19(5)42)20-10-8-7-9-11-20/h6-11,16-18,21-22,25-26,41H,1,12-15H2,2-5H3,(H2,34,47)(H,35,48)(H,36,50)(H,37,42)(H,38,49)(H,39,52)(H,40,51)(H,43,44)/t16-,17-,18+,21-,22-,25-,26-/m0/s1. The van der Waals surface area contributed by atoms with Crippen LogP contribution in [-0.2, 0) is 52.7 Å². The molecule has 7 amide bonds. The Hall–Kier alpha value is -6.18. The van der Waals surface area contributed by atoms with E-state index in [-0.39, 0.29) is 19.4 Å². The zero-order valence-electron chi connectivity index (χ0n) is 29.5. The summed E-state index contributed by atoms with van der Waals surface area (Å²) < 4.78 is 4.77. The second kappa shape index (κ2) is 21.9. The molecule has 0 bridgehead atoms. The molecule has 0 radical (unpaired) electrons. The highest BCUT2D eigenvalue weighted by molar-refractivity contribution is 6.38. The van der Waals surface area contributed by atoms with Gasteiger partial charge in [0.2, 0.25) is 41.2 Å². The number of ketones is 1. The summed E-state index contributed by atoms with van der Waals surface area (Å²) in [5, 5.41) is 32.8. The number of esters is 1. The molecule has 53 heavy (non-hydrogen) atoms. The van der Waals surface area contributed by atoms with Gasteiger partial charge >= 0.3 is 11.9 Å². The third-order valence-electron chi connectivity index (χ3n) is 7.19. The van der Waals surface area contributed by atoms with E-state index >= 15 is 0 Å². The Labute approximate surface area is 304 Å². The number of amides is 7. The van der Waals surface area contributed by atoms with E-state index in [2.05, 4.69) is 33.2 Å². The average Bonchev–Trinajstić information content (AvgIpc) is 3.08.